The van der Waals surface area contributed by atoms with Crippen LogP contribution in [0.4, 0.5) is 5.95 Å². The van der Waals surface area contributed by atoms with E-state index in [9.17, 15) is 0 Å². The Bertz CT molecular complexity index is 413. The molecule has 0 amide bonds. The molecule has 4 nitrogen and oxygen atoms in total. The fourth-order valence-corrected chi connectivity index (χ4v) is 3.11. The van der Waals surface area contributed by atoms with Crippen molar-refractivity contribution < 1.29 is 4.74 Å². The quantitative estimate of drug-likeness (QED) is 0.924. The number of anilines is 1. The molecule has 1 aliphatic rings. The lowest BCUT2D eigenvalue weighted by atomic mass is 9.94. The van der Waals surface area contributed by atoms with Crippen LogP contribution in [0.2, 0.25) is 0 Å². The van der Waals surface area contributed by atoms with E-state index in [4.69, 9.17) is 4.74 Å². The van der Waals surface area contributed by atoms with Crippen molar-refractivity contribution in [1.82, 2.24) is 9.97 Å². The van der Waals surface area contributed by atoms with Gasteiger partial charge >= 0.3 is 0 Å². The molecule has 0 aliphatic heterocycles. The van der Waals surface area contributed by atoms with Crippen molar-refractivity contribution in [3.63, 3.8) is 0 Å². The lowest BCUT2D eigenvalue weighted by molar-refractivity contribution is 0.387. The third-order valence-electron chi connectivity index (χ3n) is 3.97. The molecule has 0 spiro atoms. The fourth-order valence-electron chi connectivity index (χ4n) is 2.76. The molecule has 1 aromatic rings. The summed E-state index contributed by atoms with van der Waals surface area (Å²) in [6.45, 7) is 4.58. The summed E-state index contributed by atoms with van der Waals surface area (Å²) in [7, 11) is 1.61. The molecule has 1 aliphatic carbocycles. The Morgan fingerprint density at radius 2 is 2.28 bits per heavy atom. The van der Waals surface area contributed by atoms with E-state index >= 15 is 0 Å². The zero-order valence-electron chi connectivity index (χ0n) is 11.1. The molecule has 0 aromatic carbocycles. The van der Waals surface area contributed by atoms with Crippen molar-refractivity contribution in [3.8, 4) is 5.88 Å². The SMILES string of the molecule is CCC1CCC(Nc2ncc(Br)c(OC)n2)C1C. The van der Waals surface area contributed by atoms with Gasteiger partial charge in [0.25, 0.3) is 0 Å². The van der Waals surface area contributed by atoms with E-state index in [0.717, 1.165) is 10.4 Å². The van der Waals surface area contributed by atoms with E-state index in [2.05, 4.69) is 45.1 Å². The van der Waals surface area contributed by atoms with Crippen LogP contribution < -0.4 is 10.1 Å². The zero-order valence-corrected chi connectivity index (χ0v) is 12.7. The molecule has 0 radical (unpaired) electrons. The van der Waals surface area contributed by atoms with E-state index in [1.807, 2.05) is 0 Å². The second-order valence-corrected chi connectivity index (χ2v) is 5.76. The van der Waals surface area contributed by atoms with E-state index in [1.165, 1.54) is 19.3 Å². The van der Waals surface area contributed by atoms with Gasteiger partial charge in [-0.15, -0.1) is 0 Å². The first kappa shape index (κ1) is 13.6. The Hall–Kier alpha value is -0.840. The number of nitrogens with one attached hydrogen (secondary N) is 1. The van der Waals surface area contributed by atoms with Crippen LogP contribution in [-0.4, -0.2) is 23.1 Å². The maximum atomic E-state index is 5.18. The van der Waals surface area contributed by atoms with Crippen LogP contribution in [0.3, 0.4) is 0 Å². The fraction of sp³-hybridized carbons (Fsp3) is 0.692. The summed E-state index contributed by atoms with van der Waals surface area (Å²) in [5.41, 5.74) is 0. The van der Waals surface area contributed by atoms with Gasteiger partial charge in [0.2, 0.25) is 11.8 Å². The molecule has 3 atom stereocenters. The minimum atomic E-state index is 0.473. The summed E-state index contributed by atoms with van der Waals surface area (Å²) in [6.07, 6.45) is 5.47. The van der Waals surface area contributed by atoms with Gasteiger partial charge in [0.1, 0.15) is 0 Å². The minimum Gasteiger partial charge on any atom is -0.480 e. The Morgan fingerprint density at radius 3 is 2.89 bits per heavy atom. The summed E-state index contributed by atoms with van der Waals surface area (Å²) in [6, 6.07) is 0.473. The maximum absolute atomic E-state index is 5.18. The third-order valence-corrected chi connectivity index (χ3v) is 4.51. The first-order chi connectivity index (χ1) is 8.65. The van der Waals surface area contributed by atoms with Gasteiger partial charge in [-0.1, -0.05) is 20.3 Å². The normalized spacial score (nSPS) is 27.2. The largest absolute Gasteiger partial charge is 0.480 e. The van der Waals surface area contributed by atoms with Gasteiger partial charge in [0, 0.05) is 6.04 Å². The molecular weight excluding hydrogens is 294 g/mol. The van der Waals surface area contributed by atoms with Crippen LogP contribution >= 0.6 is 15.9 Å². The van der Waals surface area contributed by atoms with Crippen LogP contribution in [0.15, 0.2) is 10.7 Å². The summed E-state index contributed by atoms with van der Waals surface area (Å²) in [4.78, 5) is 8.63. The number of halogens is 1. The number of aromatic nitrogens is 2. The molecule has 2 rings (SSSR count). The lowest BCUT2D eigenvalue weighted by Gasteiger charge is -2.21. The molecule has 1 heterocycles. The summed E-state index contributed by atoms with van der Waals surface area (Å²) in [5.74, 6) is 2.72. The van der Waals surface area contributed by atoms with Gasteiger partial charge in [-0.2, -0.15) is 4.98 Å². The molecule has 3 unspecified atom stereocenters. The van der Waals surface area contributed by atoms with Crippen LogP contribution in [0.25, 0.3) is 0 Å². The third kappa shape index (κ3) is 2.76. The van der Waals surface area contributed by atoms with Gasteiger partial charge in [0.05, 0.1) is 17.8 Å². The predicted molar refractivity (Wildman–Crippen MR) is 75.9 cm³/mol. The zero-order chi connectivity index (χ0) is 13.1. The molecule has 5 heteroatoms. The molecule has 1 N–H and O–H groups in total. The average Bonchev–Trinajstić information content (AvgIpc) is 2.73. The number of hydrogen-bond donors (Lipinski definition) is 1. The highest BCUT2D eigenvalue weighted by atomic mass is 79.9. The van der Waals surface area contributed by atoms with Crippen molar-refractivity contribution in [1.29, 1.82) is 0 Å². The maximum Gasteiger partial charge on any atom is 0.232 e. The standard InChI is InChI=1S/C13H20BrN3O/c1-4-9-5-6-11(8(9)2)16-13-15-7-10(14)12(17-13)18-3/h7-9,11H,4-6H2,1-3H3,(H,15,16,17). The molecule has 18 heavy (non-hydrogen) atoms. The van der Waals surface area contributed by atoms with Crippen molar-refractivity contribution in [2.75, 3.05) is 12.4 Å². The van der Waals surface area contributed by atoms with E-state index in [1.54, 1.807) is 13.3 Å². The summed E-state index contributed by atoms with van der Waals surface area (Å²) >= 11 is 3.36. The van der Waals surface area contributed by atoms with Crippen molar-refractivity contribution >= 4 is 21.9 Å². The Labute approximate surface area is 117 Å². The second kappa shape index (κ2) is 5.87. The average molecular weight is 314 g/mol. The van der Waals surface area contributed by atoms with Crippen molar-refractivity contribution in [2.24, 2.45) is 11.8 Å². The highest BCUT2D eigenvalue weighted by Gasteiger charge is 2.31. The minimum absolute atomic E-state index is 0.473. The van der Waals surface area contributed by atoms with Gasteiger partial charge in [-0.25, -0.2) is 4.98 Å². The number of ether oxygens (including phenoxy) is 1. The number of methoxy groups -OCH3 is 1. The molecule has 1 aromatic heterocycles. The Balaban J connectivity index is 2.06. The van der Waals surface area contributed by atoms with Crippen molar-refractivity contribution in [2.45, 2.75) is 39.2 Å². The molecule has 0 saturated heterocycles. The highest BCUT2D eigenvalue weighted by molar-refractivity contribution is 9.10. The summed E-state index contributed by atoms with van der Waals surface area (Å²) < 4.78 is 5.96. The molecular formula is C13H20BrN3O. The first-order valence-corrected chi connectivity index (χ1v) is 7.28. The van der Waals surface area contributed by atoms with Gasteiger partial charge in [-0.3, -0.25) is 0 Å². The topological polar surface area (TPSA) is 47.0 Å². The van der Waals surface area contributed by atoms with Gasteiger partial charge < -0.3 is 10.1 Å². The predicted octanol–water partition coefficient (Wildman–Crippen LogP) is 3.48. The number of nitrogens with zero attached hydrogens (tertiary/aromatic N) is 2. The molecule has 1 saturated carbocycles. The van der Waals surface area contributed by atoms with Crippen LogP contribution in [-0.2, 0) is 0 Å². The van der Waals surface area contributed by atoms with Crippen LogP contribution in [0, 0.1) is 11.8 Å². The van der Waals surface area contributed by atoms with Crippen molar-refractivity contribution in [3.05, 3.63) is 10.7 Å². The Kier molecular flexibility index (Phi) is 4.43. The smallest absolute Gasteiger partial charge is 0.232 e. The van der Waals surface area contributed by atoms with Crippen LogP contribution in [0.1, 0.15) is 33.1 Å². The second-order valence-electron chi connectivity index (χ2n) is 4.91. The monoisotopic (exact) mass is 313 g/mol. The highest BCUT2D eigenvalue weighted by Crippen LogP contribution is 2.35. The molecule has 0 bridgehead atoms. The van der Waals surface area contributed by atoms with E-state index < -0.39 is 0 Å². The molecule has 1 fully saturated rings. The van der Waals surface area contributed by atoms with E-state index in [0.29, 0.717) is 23.8 Å². The first-order valence-electron chi connectivity index (χ1n) is 6.48. The molecule has 100 valence electrons. The van der Waals surface area contributed by atoms with E-state index in [-0.39, 0.29) is 0 Å². The lowest BCUT2D eigenvalue weighted by Crippen LogP contribution is -2.25. The number of rotatable bonds is 4. The Morgan fingerprint density at radius 1 is 1.50 bits per heavy atom. The van der Waals surface area contributed by atoms with Crippen LogP contribution in [0.5, 0.6) is 5.88 Å². The van der Waals surface area contributed by atoms with Gasteiger partial charge in [-0.05, 0) is 40.6 Å². The van der Waals surface area contributed by atoms with Gasteiger partial charge in [0.15, 0.2) is 0 Å². The summed E-state index contributed by atoms with van der Waals surface area (Å²) in [5, 5.41) is 3.43. The number of hydrogen-bond acceptors (Lipinski definition) is 4.